The van der Waals surface area contributed by atoms with Crippen molar-refractivity contribution in [1.29, 1.82) is 0 Å². The van der Waals surface area contributed by atoms with E-state index in [0.717, 1.165) is 77.0 Å². The van der Waals surface area contributed by atoms with E-state index in [1.807, 2.05) is 31.2 Å². The zero-order valence-corrected chi connectivity index (χ0v) is 37.0. The van der Waals surface area contributed by atoms with Crippen molar-refractivity contribution in [3.8, 4) is 0 Å². The molecule has 16 heteroatoms. The quantitative estimate of drug-likeness (QED) is 0.0127. The monoisotopic (exact) mass is 866 g/mol. The van der Waals surface area contributed by atoms with Gasteiger partial charge in [-0.25, -0.2) is 9.13 Å². The van der Waals surface area contributed by atoms with Gasteiger partial charge in [-0.3, -0.25) is 23.2 Å². The standard InChI is InChI=1S/C42H76O14P2/c1-3-5-7-8-9-10-11-12-13-14-15-18-22-25-29-33-42(46)56-40(37-55-58(50,51)54-35-39(44)34-53-57(47,48)49)36-52-41(45)32-28-24-21-19-16-17-20-23-27-31-38(43)30-26-6-4-2/h6,10-11,20,23,26-27,31,38-40,43-44H,3-5,7-9,12-19,21-22,24-25,28-30,32-37H2,1-2H3,(H,50,51)(H2,47,48,49)/b11-10-,23-20+,26-6+,31-27+/t38?,39-,40+/m0/s1. The number of carbonyl (C=O) groups is 2. The third-order valence-electron chi connectivity index (χ3n) is 8.77. The van der Waals surface area contributed by atoms with Gasteiger partial charge in [0.2, 0.25) is 0 Å². The van der Waals surface area contributed by atoms with Gasteiger partial charge in [0.25, 0.3) is 0 Å². The number of hydrogen-bond donors (Lipinski definition) is 5. The Morgan fingerprint density at radius 1 is 0.569 bits per heavy atom. The van der Waals surface area contributed by atoms with Crippen molar-refractivity contribution in [2.24, 2.45) is 0 Å². The minimum Gasteiger partial charge on any atom is -0.462 e. The summed E-state index contributed by atoms with van der Waals surface area (Å²) in [5.74, 6) is -1.09. The zero-order chi connectivity index (χ0) is 43.2. The summed E-state index contributed by atoms with van der Waals surface area (Å²) in [7, 11) is -9.69. The molecule has 4 atom stereocenters. The second-order valence-corrected chi connectivity index (χ2v) is 17.1. The maximum atomic E-state index is 12.6. The van der Waals surface area contributed by atoms with Gasteiger partial charge in [-0.05, 0) is 64.2 Å². The molecule has 0 aromatic carbocycles. The fourth-order valence-corrected chi connectivity index (χ4v) is 6.65. The second kappa shape index (κ2) is 38.0. The van der Waals surface area contributed by atoms with E-state index >= 15 is 0 Å². The fourth-order valence-electron chi connectivity index (χ4n) is 5.50. The zero-order valence-electron chi connectivity index (χ0n) is 35.2. The van der Waals surface area contributed by atoms with Crippen LogP contribution >= 0.6 is 15.6 Å². The van der Waals surface area contributed by atoms with E-state index in [4.69, 9.17) is 23.8 Å². The first kappa shape index (κ1) is 56.0. The molecule has 0 fully saturated rings. The highest BCUT2D eigenvalue weighted by atomic mass is 31.2. The van der Waals surface area contributed by atoms with Crippen LogP contribution in [0.4, 0.5) is 0 Å². The molecule has 0 aliphatic rings. The van der Waals surface area contributed by atoms with E-state index in [2.05, 4.69) is 34.2 Å². The number of aliphatic hydroxyl groups is 2. The molecule has 0 spiro atoms. The predicted octanol–water partition coefficient (Wildman–Crippen LogP) is 9.64. The van der Waals surface area contributed by atoms with Gasteiger partial charge in [-0.15, -0.1) is 0 Å². The van der Waals surface area contributed by atoms with Crippen LogP contribution in [0.2, 0.25) is 0 Å². The van der Waals surface area contributed by atoms with Crippen LogP contribution in [-0.2, 0) is 41.8 Å². The number of phosphoric acid groups is 2. The third-order valence-corrected chi connectivity index (χ3v) is 10.2. The molecule has 0 aliphatic carbocycles. The van der Waals surface area contributed by atoms with Crippen molar-refractivity contribution in [1.82, 2.24) is 0 Å². The smallest absolute Gasteiger partial charge is 0.462 e. The molecule has 0 amide bonds. The molecule has 0 saturated heterocycles. The van der Waals surface area contributed by atoms with Gasteiger partial charge in [0, 0.05) is 12.8 Å². The van der Waals surface area contributed by atoms with Crippen molar-refractivity contribution in [3.63, 3.8) is 0 Å². The molecule has 0 aromatic rings. The summed E-state index contributed by atoms with van der Waals surface area (Å²) in [6.07, 6.45) is 34.3. The van der Waals surface area contributed by atoms with Crippen molar-refractivity contribution >= 4 is 27.6 Å². The molecule has 58 heavy (non-hydrogen) atoms. The number of hydrogen-bond acceptors (Lipinski definition) is 11. The number of aliphatic hydroxyl groups excluding tert-OH is 2. The molecule has 2 unspecified atom stereocenters. The van der Waals surface area contributed by atoms with E-state index in [1.54, 1.807) is 6.08 Å². The highest BCUT2D eigenvalue weighted by Crippen LogP contribution is 2.43. The lowest BCUT2D eigenvalue weighted by molar-refractivity contribution is -0.161. The van der Waals surface area contributed by atoms with Crippen molar-refractivity contribution in [3.05, 3.63) is 48.6 Å². The average molecular weight is 867 g/mol. The first-order valence-corrected chi connectivity index (χ1v) is 24.5. The third kappa shape index (κ3) is 40.8. The molecule has 0 aliphatic heterocycles. The molecule has 0 heterocycles. The highest BCUT2D eigenvalue weighted by Gasteiger charge is 2.28. The molecular formula is C42H76O14P2. The van der Waals surface area contributed by atoms with Crippen LogP contribution in [-0.4, -0.2) is 81.6 Å². The first-order valence-electron chi connectivity index (χ1n) is 21.4. The molecule has 338 valence electrons. The van der Waals surface area contributed by atoms with E-state index < -0.39 is 72.3 Å². The predicted molar refractivity (Wildman–Crippen MR) is 227 cm³/mol. The summed E-state index contributed by atoms with van der Waals surface area (Å²) >= 11 is 0. The minimum atomic E-state index is -4.87. The molecule has 0 saturated carbocycles. The number of phosphoric ester groups is 2. The van der Waals surface area contributed by atoms with Crippen LogP contribution in [0, 0.1) is 0 Å². The number of esters is 2. The summed E-state index contributed by atoms with van der Waals surface area (Å²) in [5, 5.41) is 19.6. The number of unbranched alkanes of at least 4 members (excludes halogenated alkanes) is 16. The molecule has 0 aromatic heterocycles. The van der Waals surface area contributed by atoms with Gasteiger partial charge in [0.1, 0.15) is 12.7 Å². The SMILES string of the molecule is CC/C=C/CC(O)/C=C/C=C/CCCCCCCC(=O)OC[C@H](COP(=O)(O)OC[C@@H](O)COP(=O)(O)O)OC(=O)CCCCCCCCC/C=C\CCCCCC. The van der Waals surface area contributed by atoms with Crippen molar-refractivity contribution in [2.45, 2.75) is 180 Å². The largest absolute Gasteiger partial charge is 0.472 e. The van der Waals surface area contributed by atoms with Crippen molar-refractivity contribution < 1.29 is 66.7 Å². The Labute approximate surface area is 348 Å². The summed E-state index contributed by atoms with van der Waals surface area (Å²) in [4.78, 5) is 52.6. The van der Waals surface area contributed by atoms with Gasteiger partial charge >= 0.3 is 27.6 Å². The van der Waals surface area contributed by atoms with Gasteiger partial charge < -0.3 is 34.4 Å². The fraction of sp³-hybridized carbons (Fsp3) is 0.762. The topological polar surface area (TPSA) is 216 Å². The Kier molecular flexibility index (Phi) is 36.7. The number of ether oxygens (including phenoxy) is 2. The van der Waals surface area contributed by atoms with E-state index in [-0.39, 0.29) is 12.8 Å². The molecule has 0 bridgehead atoms. The number of rotatable bonds is 40. The molecule has 0 radical (unpaired) electrons. The normalized spacial score (nSPS) is 15.1. The molecule has 0 rings (SSSR count). The number of allylic oxidation sites excluding steroid dienone is 6. The lowest BCUT2D eigenvalue weighted by Gasteiger charge is -2.20. The van der Waals surface area contributed by atoms with Crippen LogP contribution in [0.1, 0.15) is 162 Å². The molecule has 14 nitrogen and oxygen atoms in total. The van der Waals surface area contributed by atoms with Gasteiger partial charge in [-0.1, -0.05) is 133 Å². The highest BCUT2D eigenvalue weighted by molar-refractivity contribution is 7.47. The van der Waals surface area contributed by atoms with Crippen LogP contribution < -0.4 is 0 Å². The Bertz CT molecular complexity index is 1230. The summed E-state index contributed by atoms with van der Waals surface area (Å²) in [6.45, 7) is 1.49. The Hall–Kier alpha value is -1.96. The van der Waals surface area contributed by atoms with Crippen LogP contribution in [0.5, 0.6) is 0 Å². The van der Waals surface area contributed by atoms with Crippen LogP contribution in [0.25, 0.3) is 0 Å². The van der Waals surface area contributed by atoms with Crippen LogP contribution in [0.3, 0.4) is 0 Å². The minimum absolute atomic E-state index is 0.110. The maximum absolute atomic E-state index is 12.6. The van der Waals surface area contributed by atoms with Crippen LogP contribution in [0.15, 0.2) is 48.6 Å². The Balaban J connectivity index is 4.60. The Morgan fingerprint density at radius 3 is 1.67 bits per heavy atom. The second-order valence-electron chi connectivity index (χ2n) is 14.4. The lowest BCUT2D eigenvalue weighted by atomic mass is 10.1. The van der Waals surface area contributed by atoms with E-state index in [1.165, 1.54) is 38.5 Å². The number of carbonyl (C=O) groups excluding carboxylic acids is 2. The molecule has 5 N–H and O–H groups in total. The van der Waals surface area contributed by atoms with Gasteiger partial charge in [0.05, 0.1) is 25.9 Å². The summed E-state index contributed by atoms with van der Waals surface area (Å²) < 4.78 is 47.7. The van der Waals surface area contributed by atoms with E-state index in [0.29, 0.717) is 19.3 Å². The lowest BCUT2D eigenvalue weighted by Crippen LogP contribution is -2.30. The maximum Gasteiger partial charge on any atom is 0.472 e. The van der Waals surface area contributed by atoms with Gasteiger partial charge in [-0.2, -0.15) is 0 Å². The van der Waals surface area contributed by atoms with Crippen molar-refractivity contribution in [2.75, 3.05) is 26.4 Å². The first-order chi connectivity index (χ1) is 27.8. The van der Waals surface area contributed by atoms with E-state index in [9.17, 15) is 33.8 Å². The summed E-state index contributed by atoms with van der Waals surface area (Å²) in [6, 6.07) is 0. The molecular weight excluding hydrogens is 790 g/mol. The van der Waals surface area contributed by atoms with Gasteiger partial charge in [0.15, 0.2) is 6.10 Å². The average Bonchev–Trinajstić information content (AvgIpc) is 3.17. The summed E-state index contributed by atoms with van der Waals surface area (Å²) in [5.41, 5.74) is 0. The Morgan fingerprint density at radius 2 is 1.09 bits per heavy atom.